The number of anilines is 4. The lowest BCUT2D eigenvalue weighted by Gasteiger charge is -2.24. The van der Waals surface area contributed by atoms with E-state index in [4.69, 9.17) is 25.2 Å². The zero-order chi connectivity index (χ0) is 28.2. The molecule has 3 heterocycles. The molecule has 0 unspecified atom stereocenters. The standard InChI is InChI=1S/C31H41N7O2/c1-36(2)14-15-37(3)27-18-28(40-5)26(17-25(27)32)34-31-33-19-22(11-8-16-39-4)29(35-31)24-20-38-13-7-10-21-9-6-12-23(24)30(21)38/h6,9,12,17-20H,7-8,10-11,13-16,32H2,1-5H3,(H,33,34,35). The molecule has 2 aromatic heterocycles. The van der Waals surface area contributed by atoms with E-state index in [2.05, 4.69) is 58.2 Å². The monoisotopic (exact) mass is 543 g/mol. The van der Waals surface area contributed by atoms with Crippen LogP contribution in [0.15, 0.2) is 42.7 Å². The minimum Gasteiger partial charge on any atom is -0.494 e. The average Bonchev–Trinajstić information content (AvgIpc) is 3.33. The summed E-state index contributed by atoms with van der Waals surface area (Å²) in [6, 6.07) is 10.5. The lowest BCUT2D eigenvalue weighted by atomic mass is 9.99. The molecular weight excluding hydrogens is 502 g/mol. The van der Waals surface area contributed by atoms with Crippen molar-refractivity contribution >= 4 is 33.9 Å². The molecule has 0 amide bonds. The number of likely N-dealkylation sites (N-methyl/N-ethyl adjacent to an activating group) is 2. The highest BCUT2D eigenvalue weighted by atomic mass is 16.5. The van der Waals surface area contributed by atoms with Crippen LogP contribution < -0.4 is 20.7 Å². The smallest absolute Gasteiger partial charge is 0.227 e. The van der Waals surface area contributed by atoms with Gasteiger partial charge in [0.05, 0.1) is 35.4 Å². The van der Waals surface area contributed by atoms with Crippen molar-refractivity contribution in [2.24, 2.45) is 0 Å². The Morgan fingerprint density at radius 3 is 2.75 bits per heavy atom. The average molecular weight is 544 g/mol. The minimum absolute atomic E-state index is 0.504. The van der Waals surface area contributed by atoms with Crippen LogP contribution in [0.3, 0.4) is 0 Å². The third-order valence-electron chi connectivity index (χ3n) is 7.63. The van der Waals surface area contributed by atoms with E-state index in [1.807, 2.05) is 25.4 Å². The third kappa shape index (κ3) is 5.71. The molecule has 5 rings (SSSR count). The van der Waals surface area contributed by atoms with Gasteiger partial charge in [-0.25, -0.2) is 9.97 Å². The Bertz CT molecular complexity index is 1480. The predicted molar refractivity (Wildman–Crippen MR) is 164 cm³/mol. The number of nitrogens with two attached hydrogens (primary N) is 1. The largest absolute Gasteiger partial charge is 0.494 e. The van der Waals surface area contributed by atoms with Crippen molar-refractivity contribution in [3.63, 3.8) is 0 Å². The fourth-order valence-electron chi connectivity index (χ4n) is 5.51. The summed E-state index contributed by atoms with van der Waals surface area (Å²) < 4.78 is 13.5. The maximum Gasteiger partial charge on any atom is 0.227 e. The van der Waals surface area contributed by atoms with Crippen LogP contribution in [0.4, 0.5) is 23.0 Å². The number of aromatic nitrogens is 3. The number of nitrogens with one attached hydrogen (secondary N) is 1. The molecule has 9 nitrogen and oxygen atoms in total. The molecule has 0 radical (unpaired) electrons. The van der Waals surface area contributed by atoms with Gasteiger partial charge in [0, 0.05) is 69.8 Å². The molecule has 0 saturated heterocycles. The lowest BCUT2D eigenvalue weighted by molar-refractivity contribution is 0.195. The Balaban J connectivity index is 1.52. The highest BCUT2D eigenvalue weighted by Crippen LogP contribution is 2.38. The molecule has 3 N–H and O–H groups in total. The summed E-state index contributed by atoms with van der Waals surface area (Å²) in [4.78, 5) is 14.1. The normalized spacial score (nSPS) is 12.8. The molecule has 0 bridgehead atoms. The summed E-state index contributed by atoms with van der Waals surface area (Å²) in [6.45, 7) is 3.48. The van der Waals surface area contributed by atoms with Gasteiger partial charge in [-0.3, -0.25) is 0 Å². The van der Waals surface area contributed by atoms with Gasteiger partial charge in [-0.05, 0) is 57.0 Å². The molecular formula is C31H41N7O2. The van der Waals surface area contributed by atoms with Crippen molar-refractivity contribution in [1.29, 1.82) is 0 Å². The van der Waals surface area contributed by atoms with E-state index in [1.54, 1.807) is 14.2 Å². The first-order valence-electron chi connectivity index (χ1n) is 14.0. The second-order valence-corrected chi connectivity index (χ2v) is 10.8. The van der Waals surface area contributed by atoms with Crippen molar-refractivity contribution in [3.05, 3.63) is 53.9 Å². The number of benzene rings is 2. The molecule has 2 aromatic carbocycles. The van der Waals surface area contributed by atoms with Gasteiger partial charge in [0.15, 0.2) is 0 Å². The Morgan fingerprint density at radius 1 is 1.12 bits per heavy atom. The van der Waals surface area contributed by atoms with E-state index < -0.39 is 0 Å². The van der Waals surface area contributed by atoms with Crippen molar-refractivity contribution < 1.29 is 9.47 Å². The minimum atomic E-state index is 0.504. The van der Waals surface area contributed by atoms with Crippen molar-refractivity contribution in [2.75, 3.05) is 71.0 Å². The molecule has 212 valence electrons. The van der Waals surface area contributed by atoms with Crippen LogP contribution in [0.25, 0.3) is 22.2 Å². The van der Waals surface area contributed by atoms with Crippen molar-refractivity contribution in [3.8, 4) is 17.0 Å². The number of para-hydroxylation sites is 1. The summed E-state index contributed by atoms with van der Waals surface area (Å²) in [6.07, 6.45) is 8.19. The topological polar surface area (TPSA) is 93.7 Å². The SMILES string of the molecule is COCCCc1cnc(Nc2cc(N)c(N(C)CCN(C)C)cc2OC)nc1-c1cn2c3c(cccc13)CCC2. The zero-order valence-electron chi connectivity index (χ0n) is 24.3. The van der Waals surface area contributed by atoms with Crippen LogP contribution in [-0.4, -0.2) is 74.5 Å². The Kier molecular flexibility index (Phi) is 8.42. The van der Waals surface area contributed by atoms with Crippen LogP contribution >= 0.6 is 0 Å². The molecule has 4 aromatic rings. The Morgan fingerprint density at radius 2 is 1.98 bits per heavy atom. The van der Waals surface area contributed by atoms with E-state index in [-0.39, 0.29) is 0 Å². The summed E-state index contributed by atoms with van der Waals surface area (Å²) in [5, 5.41) is 4.63. The van der Waals surface area contributed by atoms with Gasteiger partial charge < -0.3 is 34.9 Å². The highest BCUT2D eigenvalue weighted by Gasteiger charge is 2.21. The van der Waals surface area contributed by atoms with E-state index in [0.717, 1.165) is 73.5 Å². The fourth-order valence-corrected chi connectivity index (χ4v) is 5.51. The predicted octanol–water partition coefficient (Wildman–Crippen LogP) is 4.96. The summed E-state index contributed by atoms with van der Waals surface area (Å²) in [5.41, 5.74) is 14.7. The van der Waals surface area contributed by atoms with Crippen LogP contribution in [0.5, 0.6) is 5.75 Å². The Labute approximate surface area is 236 Å². The van der Waals surface area contributed by atoms with Crippen LogP contribution in [0.1, 0.15) is 24.0 Å². The number of hydrogen-bond acceptors (Lipinski definition) is 8. The molecule has 0 saturated carbocycles. The molecule has 0 fully saturated rings. The third-order valence-corrected chi connectivity index (χ3v) is 7.63. The van der Waals surface area contributed by atoms with Crippen LogP contribution in [-0.2, 0) is 24.1 Å². The van der Waals surface area contributed by atoms with Gasteiger partial charge >= 0.3 is 0 Å². The molecule has 9 heteroatoms. The van der Waals surface area contributed by atoms with Gasteiger partial charge in [-0.1, -0.05) is 18.2 Å². The molecule has 1 aliphatic heterocycles. The molecule has 0 atom stereocenters. The molecule has 40 heavy (non-hydrogen) atoms. The Hall–Kier alpha value is -3.82. The summed E-state index contributed by atoms with van der Waals surface area (Å²) in [5.74, 6) is 1.19. The van der Waals surface area contributed by atoms with E-state index >= 15 is 0 Å². The number of methoxy groups -OCH3 is 2. The number of nitrogen functional groups attached to an aromatic ring is 1. The van der Waals surface area contributed by atoms with Gasteiger partial charge in [-0.2, -0.15) is 0 Å². The summed E-state index contributed by atoms with van der Waals surface area (Å²) >= 11 is 0. The van der Waals surface area contributed by atoms with Gasteiger partial charge in [0.2, 0.25) is 5.95 Å². The number of nitrogens with zero attached hydrogens (tertiary/aromatic N) is 5. The first kappa shape index (κ1) is 27.7. The molecule has 0 spiro atoms. The maximum atomic E-state index is 6.51. The maximum absolute atomic E-state index is 6.51. The van der Waals surface area contributed by atoms with Crippen LogP contribution in [0.2, 0.25) is 0 Å². The van der Waals surface area contributed by atoms with Gasteiger partial charge in [-0.15, -0.1) is 0 Å². The number of hydrogen-bond donors (Lipinski definition) is 2. The molecule has 1 aliphatic rings. The van der Waals surface area contributed by atoms with E-state index in [0.29, 0.717) is 24.0 Å². The second-order valence-electron chi connectivity index (χ2n) is 10.8. The lowest BCUT2D eigenvalue weighted by Crippen LogP contribution is -2.29. The van der Waals surface area contributed by atoms with Crippen molar-refractivity contribution in [2.45, 2.75) is 32.2 Å². The quantitative estimate of drug-likeness (QED) is 0.191. The number of ether oxygens (including phenoxy) is 2. The fraction of sp³-hybridized carbons (Fsp3) is 0.419. The van der Waals surface area contributed by atoms with Gasteiger partial charge in [0.1, 0.15) is 5.75 Å². The van der Waals surface area contributed by atoms with Crippen LogP contribution in [0, 0.1) is 0 Å². The second kappa shape index (κ2) is 12.1. The number of aryl methyl sites for hydroxylation is 3. The van der Waals surface area contributed by atoms with Crippen molar-refractivity contribution in [1.82, 2.24) is 19.4 Å². The van der Waals surface area contributed by atoms with E-state index in [1.165, 1.54) is 16.5 Å². The molecule has 0 aliphatic carbocycles. The first-order chi connectivity index (χ1) is 19.4. The highest BCUT2D eigenvalue weighted by molar-refractivity contribution is 5.98. The zero-order valence-corrected chi connectivity index (χ0v) is 24.3. The summed E-state index contributed by atoms with van der Waals surface area (Å²) in [7, 11) is 9.57. The van der Waals surface area contributed by atoms with Gasteiger partial charge in [0.25, 0.3) is 0 Å². The first-order valence-corrected chi connectivity index (χ1v) is 14.0. The number of rotatable bonds is 12. The van der Waals surface area contributed by atoms with E-state index in [9.17, 15) is 0 Å².